The summed E-state index contributed by atoms with van der Waals surface area (Å²) in [5.41, 5.74) is 0.653. The van der Waals surface area contributed by atoms with Crippen LogP contribution in [0.25, 0.3) is 10.9 Å². The molecule has 1 aromatic heterocycles. The van der Waals surface area contributed by atoms with Crippen molar-refractivity contribution in [2.75, 3.05) is 0 Å². The predicted octanol–water partition coefficient (Wildman–Crippen LogP) is 2.18. The molecule has 0 fully saturated rings. The van der Waals surface area contributed by atoms with Crippen LogP contribution in [0.3, 0.4) is 0 Å². The molecule has 1 aromatic carbocycles. The highest BCUT2D eigenvalue weighted by molar-refractivity contribution is 9.10. The lowest BCUT2D eigenvalue weighted by atomic mass is 10.2. The van der Waals surface area contributed by atoms with Gasteiger partial charge >= 0.3 is 0 Å². The van der Waals surface area contributed by atoms with Crippen LogP contribution in [-0.4, -0.2) is 18.0 Å². The van der Waals surface area contributed by atoms with Gasteiger partial charge in [0.05, 0.1) is 5.52 Å². The first-order valence-electron chi connectivity index (χ1n) is 3.73. The summed E-state index contributed by atoms with van der Waals surface area (Å²) in [4.78, 5) is 2.67. The lowest BCUT2D eigenvalue weighted by Gasteiger charge is -1.95. The third-order valence-corrected chi connectivity index (χ3v) is 3.46. The smallest absolute Gasteiger partial charge is 0.296 e. The van der Waals surface area contributed by atoms with E-state index in [0.717, 1.165) is 4.47 Å². The number of benzene rings is 1. The molecule has 0 spiro atoms. The fourth-order valence-corrected chi connectivity index (χ4v) is 2.44. The number of fused-ring (bicyclic) bond motifs is 1. The number of H-pyrrole nitrogens is 1. The van der Waals surface area contributed by atoms with Gasteiger partial charge in [-0.25, -0.2) is 0 Å². The second-order valence-electron chi connectivity index (χ2n) is 2.79. The second-order valence-corrected chi connectivity index (χ2v) is 5.03. The van der Waals surface area contributed by atoms with Crippen LogP contribution in [0, 0.1) is 0 Å². The second kappa shape index (κ2) is 3.08. The van der Waals surface area contributed by atoms with Gasteiger partial charge in [0.25, 0.3) is 10.1 Å². The Morgan fingerprint density at radius 2 is 2.07 bits per heavy atom. The van der Waals surface area contributed by atoms with Gasteiger partial charge in [-0.15, -0.1) is 0 Å². The van der Waals surface area contributed by atoms with Crippen molar-refractivity contribution >= 4 is 37.0 Å². The van der Waals surface area contributed by atoms with E-state index < -0.39 is 10.1 Å². The van der Waals surface area contributed by atoms with Crippen LogP contribution in [-0.2, 0) is 10.1 Å². The molecule has 2 N–H and O–H groups in total. The van der Waals surface area contributed by atoms with Crippen LogP contribution in [0.5, 0.6) is 0 Å². The Morgan fingerprint density at radius 3 is 2.71 bits per heavy atom. The van der Waals surface area contributed by atoms with E-state index in [1.807, 2.05) is 0 Å². The van der Waals surface area contributed by atoms with E-state index in [1.165, 1.54) is 6.20 Å². The topological polar surface area (TPSA) is 70.2 Å². The van der Waals surface area contributed by atoms with Gasteiger partial charge in [-0.1, -0.05) is 12.1 Å². The van der Waals surface area contributed by atoms with Crippen molar-refractivity contribution in [3.8, 4) is 0 Å². The summed E-state index contributed by atoms with van der Waals surface area (Å²) in [6, 6.07) is 5.11. The fraction of sp³-hybridized carbons (Fsp3) is 0. The minimum atomic E-state index is -4.15. The van der Waals surface area contributed by atoms with E-state index in [0.29, 0.717) is 10.9 Å². The third kappa shape index (κ3) is 1.45. The van der Waals surface area contributed by atoms with E-state index in [2.05, 4.69) is 20.9 Å². The number of aromatic amines is 1. The molecule has 0 atom stereocenters. The monoisotopic (exact) mass is 275 g/mol. The Hall–Kier alpha value is -0.850. The third-order valence-electron chi connectivity index (χ3n) is 1.90. The molecule has 0 saturated heterocycles. The zero-order valence-corrected chi connectivity index (χ0v) is 9.26. The van der Waals surface area contributed by atoms with E-state index in [4.69, 9.17) is 4.55 Å². The summed E-state index contributed by atoms with van der Waals surface area (Å²) in [5.74, 6) is 0. The number of para-hydroxylation sites is 1. The maximum atomic E-state index is 10.9. The Labute approximate surface area is 88.8 Å². The highest BCUT2D eigenvalue weighted by atomic mass is 79.9. The SMILES string of the molecule is O=S(=O)(O)c1c[nH]c2c(Br)cccc12. The molecular weight excluding hydrogens is 270 g/mol. The largest absolute Gasteiger partial charge is 0.359 e. The number of aromatic nitrogens is 1. The molecule has 4 nitrogen and oxygen atoms in total. The van der Waals surface area contributed by atoms with Crippen molar-refractivity contribution in [2.45, 2.75) is 4.90 Å². The molecule has 0 unspecified atom stereocenters. The Morgan fingerprint density at radius 1 is 1.36 bits per heavy atom. The summed E-state index contributed by atoms with van der Waals surface area (Å²) in [7, 11) is -4.15. The average molecular weight is 276 g/mol. The summed E-state index contributed by atoms with van der Waals surface area (Å²) >= 11 is 3.27. The molecule has 14 heavy (non-hydrogen) atoms. The molecule has 0 radical (unpaired) electrons. The lowest BCUT2D eigenvalue weighted by molar-refractivity contribution is 0.484. The van der Waals surface area contributed by atoms with Gasteiger partial charge in [0.2, 0.25) is 0 Å². The number of hydrogen-bond acceptors (Lipinski definition) is 2. The molecule has 2 rings (SSSR count). The average Bonchev–Trinajstić information content (AvgIpc) is 2.47. The Kier molecular flexibility index (Phi) is 2.13. The standard InChI is InChI=1S/C8H6BrNO3S/c9-6-3-1-2-5-7(14(11,12)13)4-10-8(5)6/h1-4,10H,(H,11,12,13). The number of hydrogen-bond donors (Lipinski definition) is 2. The minimum absolute atomic E-state index is 0.103. The molecule has 0 amide bonds. The summed E-state index contributed by atoms with van der Waals surface area (Å²) in [5, 5.41) is 0.474. The van der Waals surface area contributed by atoms with Gasteiger partial charge in [0.15, 0.2) is 0 Å². The van der Waals surface area contributed by atoms with Crippen molar-refractivity contribution in [3.05, 3.63) is 28.9 Å². The zero-order valence-electron chi connectivity index (χ0n) is 6.86. The Bertz CT molecular complexity index is 588. The molecule has 1 heterocycles. The first kappa shape index (κ1) is 9.70. The van der Waals surface area contributed by atoms with Crippen molar-refractivity contribution in [1.29, 1.82) is 0 Å². The van der Waals surface area contributed by atoms with Gasteiger partial charge in [-0.05, 0) is 22.0 Å². The summed E-state index contributed by atoms with van der Waals surface area (Å²) in [6.45, 7) is 0. The van der Waals surface area contributed by atoms with E-state index in [1.54, 1.807) is 18.2 Å². The maximum absolute atomic E-state index is 10.9. The van der Waals surface area contributed by atoms with Crippen LogP contribution >= 0.6 is 15.9 Å². The molecular formula is C8H6BrNO3S. The predicted molar refractivity (Wildman–Crippen MR) is 55.8 cm³/mol. The molecule has 2 aromatic rings. The van der Waals surface area contributed by atoms with E-state index >= 15 is 0 Å². The maximum Gasteiger partial charge on any atom is 0.296 e. The van der Waals surface area contributed by atoms with Gasteiger partial charge < -0.3 is 4.98 Å². The van der Waals surface area contributed by atoms with Gasteiger partial charge in [0.1, 0.15) is 4.90 Å². The quantitative estimate of drug-likeness (QED) is 0.784. The fourth-order valence-electron chi connectivity index (χ4n) is 1.31. The van der Waals surface area contributed by atoms with Crippen molar-refractivity contribution in [2.24, 2.45) is 0 Å². The van der Waals surface area contributed by atoms with E-state index in [9.17, 15) is 8.42 Å². The van der Waals surface area contributed by atoms with Crippen LogP contribution in [0.15, 0.2) is 33.8 Å². The van der Waals surface area contributed by atoms with Crippen LogP contribution in [0.2, 0.25) is 0 Å². The summed E-state index contributed by atoms with van der Waals surface area (Å²) < 4.78 is 31.5. The van der Waals surface area contributed by atoms with Gasteiger partial charge in [-0.2, -0.15) is 8.42 Å². The van der Waals surface area contributed by atoms with Crippen molar-refractivity contribution < 1.29 is 13.0 Å². The highest BCUT2D eigenvalue weighted by Crippen LogP contribution is 2.27. The normalized spacial score (nSPS) is 12.1. The number of halogens is 1. The first-order valence-corrected chi connectivity index (χ1v) is 5.96. The van der Waals surface area contributed by atoms with E-state index in [-0.39, 0.29) is 4.90 Å². The van der Waals surface area contributed by atoms with Crippen molar-refractivity contribution in [1.82, 2.24) is 4.98 Å². The van der Waals surface area contributed by atoms with Gasteiger partial charge in [-0.3, -0.25) is 4.55 Å². The van der Waals surface area contributed by atoms with Crippen LogP contribution in [0.1, 0.15) is 0 Å². The minimum Gasteiger partial charge on any atom is -0.359 e. The Balaban J connectivity index is 2.90. The first-order chi connectivity index (χ1) is 6.50. The molecule has 0 bridgehead atoms. The highest BCUT2D eigenvalue weighted by Gasteiger charge is 2.16. The molecule has 0 aliphatic carbocycles. The van der Waals surface area contributed by atoms with Crippen molar-refractivity contribution in [3.63, 3.8) is 0 Å². The lowest BCUT2D eigenvalue weighted by Crippen LogP contribution is -1.95. The number of nitrogens with one attached hydrogen (secondary N) is 1. The van der Waals surface area contributed by atoms with Crippen LogP contribution < -0.4 is 0 Å². The van der Waals surface area contributed by atoms with Gasteiger partial charge in [0, 0.05) is 16.1 Å². The van der Waals surface area contributed by atoms with Crippen LogP contribution in [0.4, 0.5) is 0 Å². The molecule has 0 aliphatic heterocycles. The zero-order chi connectivity index (χ0) is 10.3. The molecule has 6 heteroatoms. The molecule has 0 aliphatic rings. The number of rotatable bonds is 1. The molecule has 74 valence electrons. The summed E-state index contributed by atoms with van der Waals surface area (Å²) in [6.07, 6.45) is 1.27. The molecule has 0 saturated carbocycles.